The van der Waals surface area contributed by atoms with Gasteiger partial charge in [0.1, 0.15) is 17.3 Å². The molecule has 1 atom stereocenters. The molecule has 9 heteroatoms. The van der Waals surface area contributed by atoms with Gasteiger partial charge in [0.05, 0.1) is 25.6 Å². The van der Waals surface area contributed by atoms with E-state index in [4.69, 9.17) is 19.2 Å². The van der Waals surface area contributed by atoms with E-state index in [2.05, 4.69) is 5.32 Å². The number of imidazole rings is 1. The first-order valence-corrected chi connectivity index (χ1v) is 10.4. The van der Waals surface area contributed by atoms with Crippen molar-refractivity contribution >= 4 is 17.7 Å². The number of fused-ring (bicyclic) bond motifs is 1. The second-order valence-corrected chi connectivity index (χ2v) is 8.65. The molecular weight excluding hydrogens is 426 g/mol. The Bertz CT molecular complexity index is 1180. The summed E-state index contributed by atoms with van der Waals surface area (Å²) in [6, 6.07) is 7.98. The minimum Gasteiger partial charge on any atom is -0.493 e. The largest absolute Gasteiger partial charge is 0.493 e. The minimum atomic E-state index is -1.22. The van der Waals surface area contributed by atoms with E-state index in [0.29, 0.717) is 28.5 Å². The first-order valence-electron chi connectivity index (χ1n) is 10.4. The zero-order valence-corrected chi connectivity index (χ0v) is 19.6. The Morgan fingerprint density at radius 1 is 1.12 bits per heavy atom. The summed E-state index contributed by atoms with van der Waals surface area (Å²) >= 11 is 0. The number of carboxylic acid groups (broad SMARTS) is 1. The lowest BCUT2D eigenvalue weighted by molar-refractivity contribution is -0.139. The van der Waals surface area contributed by atoms with Crippen LogP contribution in [0, 0.1) is 6.92 Å². The lowest BCUT2D eigenvalue weighted by Crippen LogP contribution is -2.44. The molecule has 9 nitrogen and oxygen atoms in total. The Kier molecular flexibility index (Phi) is 6.81. The van der Waals surface area contributed by atoms with Crippen LogP contribution in [0.2, 0.25) is 0 Å². The standard InChI is InChI=1S/C24H29N3O6/c1-14-9-10-27-17(13-16(22(28)29)25-23(30)33-24(2,3)4)21(26-20(27)11-14)15-7-8-18(31-5)19(12-15)32-6/h7-12,16H,13H2,1-6H3,(H,25,30)(H,28,29). The molecule has 0 aliphatic rings. The van der Waals surface area contributed by atoms with Gasteiger partial charge in [0.15, 0.2) is 11.5 Å². The number of nitrogens with zero attached hydrogens (tertiary/aromatic N) is 2. The van der Waals surface area contributed by atoms with E-state index >= 15 is 0 Å². The maximum atomic E-state index is 12.3. The van der Waals surface area contributed by atoms with E-state index in [1.54, 1.807) is 47.1 Å². The maximum Gasteiger partial charge on any atom is 0.408 e. The predicted molar refractivity (Wildman–Crippen MR) is 123 cm³/mol. The van der Waals surface area contributed by atoms with Gasteiger partial charge < -0.3 is 29.0 Å². The number of ether oxygens (including phenoxy) is 3. The molecule has 1 amide bonds. The van der Waals surface area contributed by atoms with Crippen molar-refractivity contribution in [2.45, 2.75) is 45.8 Å². The van der Waals surface area contributed by atoms with Gasteiger partial charge in [-0.25, -0.2) is 14.6 Å². The van der Waals surface area contributed by atoms with Crippen molar-refractivity contribution in [2.75, 3.05) is 14.2 Å². The highest BCUT2D eigenvalue weighted by molar-refractivity contribution is 5.81. The molecular formula is C24H29N3O6. The van der Waals surface area contributed by atoms with Crippen LogP contribution in [0.5, 0.6) is 11.5 Å². The summed E-state index contributed by atoms with van der Waals surface area (Å²) in [5.74, 6) is -0.0885. The molecule has 3 aromatic rings. The summed E-state index contributed by atoms with van der Waals surface area (Å²) in [5.41, 5.74) is 2.86. The van der Waals surface area contributed by atoms with Gasteiger partial charge >= 0.3 is 12.1 Å². The second kappa shape index (κ2) is 9.40. The molecule has 0 aliphatic heterocycles. The van der Waals surface area contributed by atoms with Gasteiger partial charge in [-0.3, -0.25) is 0 Å². The van der Waals surface area contributed by atoms with Crippen molar-refractivity contribution in [2.24, 2.45) is 0 Å². The van der Waals surface area contributed by atoms with Crippen molar-refractivity contribution in [1.82, 2.24) is 14.7 Å². The number of methoxy groups -OCH3 is 2. The third kappa shape index (κ3) is 5.54. The van der Waals surface area contributed by atoms with E-state index in [-0.39, 0.29) is 6.42 Å². The van der Waals surface area contributed by atoms with Gasteiger partial charge in [-0.05, 0) is 63.6 Å². The number of aromatic nitrogens is 2. The van der Waals surface area contributed by atoms with E-state index in [0.717, 1.165) is 11.1 Å². The normalized spacial score (nSPS) is 12.3. The van der Waals surface area contributed by atoms with Gasteiger partial charge in [0.2, 0.25) is 0 Å². The van der Waals surface area contributed by atoms with Crippen molar-refractivity contribution in [3.05, 3.63) is 47.8 Å². The first-order chi connectivity index (χ1) is 15.5. The van der Waals surface area contributed by atoms with Gasteiger partial charge in [-0.15, -0.1) is 0 Å². The van der Waals surface area contributed by atoms with Crippen LogP contribution in [0.15, 0.2) is 36.5 Å². The summed E-state index contributed by atoms with van der Waals surface area (Å²) in [6.45, 7) is 7.09. The monoisotopic (exact) mass is 455 g/mol. The highest BCUT2D eigenvalue weighted by Crippen LogP contribution is 2.34. The van der Waals surface area contributed by atoms with Crippen molar-refractivity contribution in [3.8, 4) is 22.8 Å². The molecule has 0 radical (unpaired) electrons. The Hall–Kier alpha value is -3.75. The van der Waals surface area contributed by atoms with Gasteiger partial charge in [-0.2, -0.15) is 0 Å². The van der Waals surface area contributed by atoms with Crippen molar-refractivity contribution in [1.29, 1.82) is 0 Å². The average Bonchev–Trinajstić information content (AvgIpc) is 3.08. The number of amides is 1. The molecule has 2 aromatic heterocycles. The molecule has 0 spiro atoms. The Labute approximate surface area is 192 Å². The number of hydrogen-bond acceptors (Lipinski definition) is 6. The summed E-state index contributed by atoms with van der Waals surface area (Å²) in [4.78, 5) is 29.0. The second-order valence-electron chi connectivity index (χ2n) is 8.65. The first kappa shape index (κ1) is 23.9. The Morgan fingerprint density at radius 2 is 1.82 bits per heavy atom. The summed E-state index contributed by atoms with van der Waals surface area (Å²) < 4.78 is 17.8. The Balaban J connectivity index is 2.07. The Morgan fingerprint density at radius 3 is 2.42 bits per heavy atom. The molecule has 1 unspecified atom stereocenters. The van der Waals surface area contributed by atoms with Crippen LogP contribution in [0.1, 0.15) is 32.0 Å². The number of hydrogen-bond donors (Lipinski definition) is 2. The van der Waals surface area contributed by atoms with Gasteiger partial charge in [-0.1, -0.05) is 0 Å². The van der Waals surface area contributed by atoms with Crippen LogP contribution in [0.4, 0.5) is 4.79 Å². The third-order valence-electron chi connectivity index (χ3n) is 4.92. The zero-order valence-electron chi connectivity index (χ0n) is 19.6. The van der Waals surface area contributed by atoms with Gasteiger partial charge in [0.25, 0.3) is 0 Å². The molecule has 2 N–H and O–H groups in total. The molecule has 0 saturated heterocycles. The van der Waals surface area contributed by atoms with E-state index in [1.165, 1.54) is 0 Å². The smallest absolute Gasteiger partial charge is 0.408 e. The van der Waals surface area contributed by atoms with Crippen LogP contribution < -0.4 is 14.8 Å². The molecule has 0 bridgehead atoms. The minimum absolute atomic E-state index is 0.0114. The number of alkyl carbamates (subject to hydrolysis) is 1. The molecule has 3 rings (SSSR count). The lowest BCUT2D eigenvalue weighted by Gasteiger charge is -2.22. The van der Waals surface area contributed by atoms with Crippen LogP contribution in [0.25, 0.3) is 16.9 Å². The van der Waals surface area contributed by atoms with E-state index in [1.807, 2.05) is 35.7 Å². The number of nitrogens with one attached hydrogen (secondary N) is 1. The number of rotatable bonds is 7. The van der Waals surface area contributed by atoms with Crippen LogP contribution in [-0.2, 0) is 16.0 Å². The number of benzene rings is 1. The molecule has 176 valence electrons. The van der Waals surface area contributed by atoms with Crippen LogP contribution in [-0.4, -0.2) is 52.4 Å². The number of aryl methyl sites for hydroxylation is 1. The quantitative estimate of drug-likeness (QED) is 0.557. The fraction of sp³-hybridized carbons (Fsp3) is 0.375. The lowest BCUT2D eigenvalue weighted by atomic mass is 10.0. The molecule has 0 saturated carbocycles. The molecule has 1 aromatic carbocycles. The topological polar surface area (TPSA) is 111 Å². The fourth-order valence-corrected chi connectivity index (χ4v) is 3.45. The number of aliphatic carboxylic acids is 1. The zero-order chi connectivity index (χ0) is 24.3. The number of carbonyl (C=O) groups excluding carboxylic acids is 1. The summed E-state index contributed by atoms with van der Waals surface area (Å²) in [6.07, 6.45) is 1.03. The summed E-state index contributed by atoms with van der Waals surface area (Å²) in [5, 5.41) is 12.3. The van der Waals surface area contributed by atoms with Crippen LogP contribution in [0.3, 0.4) is 0 Å². The molecule has 0 aliphatic carbocycles. The van der Waals surface area contributed by atoms with Crippen molar-refractivity contribution < 1.29 is 28.9 Å². The van der Waals surface area contributed by atoms with Crippen molar-refractivity contribution in [3.63, 3.8) is 0 Å². The maximum absolute atomic E-state index is 12.3. The molecule has 2 heterocycles. The summed E-state index contributed by atoms with van der Waals surface area (Å²) in [7, 11) is 3.09. The van der Waals surface area contributed by atoms with Crippen LogP contribution >= 0.6 is 0 Å². The number of carbonyl (C=O) groups is 2. The number of carboxylic acids is 1. The SMILES string of the molecule is COc1ccc(-c2nc3cc(C)ccn3c2CC(NC(=O)OC(C)(C)C)C(=O)O)cc1OC. The molecule has 33 heavy (non-hydrogen) atoms. The number of pyridine rings is 1. The highest BCUT2D eigenvalue weighted by Gasteiger charge is 2.27. The predicted octanol–water partition coefficient (Wildman–Crippen LogP) is 3.85. The fourth-order valence-electron chi connectivity index (χ4n) is 3.45. The average molecular weight is 456 g/mol. The third-order valence-corrected chi connectivity index (χ3v) is 4.92. The van der Waals surface area contributed by atoms with E-state index < -0.39 is 23.7 Å². The van der Waals surface area contributed by atoms with E-state index in [9.17, 15) is 14.7 Å². The molecule has 0 fully saturated rings. The van der Waals surface area contributed by atoms with Gasteiger partial charge in [0, 0.05) is 18.2 Å². The highest BCUT2D eigenvalue weighted by atomic mass is 16.6.